The van der Waals surface area contributed by atoms with Crippen molar-refractivity contribution in [3.05, 3.63) is 29.0 Å². The summed E-state index contributed by atoms with van der Waals surface area (Å²) >= 11 is 5.89. The molecule has 14 heavy (non-hydrogen) atoms. The van der Waals surface area contributed by atoms with Crippen LogP contribution in [0, 0.1) is 0 Å². The zero-order valence-corrected chi connectivity index (χ0v) is 8.93. The van der Waals surface area contributed by atoms with Crippen molar-refractivity contribution in [3.63, 3.8) is 0 Å². The van der Waals surface area contributed by atoms with E-state index < -0.39 is 0 Å². The van der Waals surface area contributed by atoms with Crippen molar-refractivity contribution in [2.24, 2.45) is 5.73 Å². The molecule has 0 aliphatic heterocycles. The van der Waals surface area contributed by atoms with Gasteiger partial charge in [0, 0.05) is 17.7 Å². The van der Waals surface area contributed by atoms with Gasteiger partial charge in [-0.1, -0.05) is 30.5 Å². The molecule has 0 saturated heterocycles. The monoisotopic (exact) mass is 210 g/mol. The third-order valence-corrected chi connectivity index (χ3v) is 3.42. The molecular formula is C11H15ClN2. The molecule has 3 heteroatoms. The van der Waals surface area contributed by atoms with Crippen LogP contribution in [0.1, 0.15) is 31.4 Å². The van der Waals surface area contributed by atoms with Crippen LogP contribution in [-0.4, -0.2) is 11.5 Å². The molecule has 76 valence electrons. The first-order valence-corrected chi connectivity index (χ1v) is 5.48. The fourth-order valence-electron chi connectivity index (χ4n) is 2.32. The van der Waals surface area contributed by atoms with E-state index in [1.54, 1.807) is 0 Å². The number of hydrogen-bond acceptors (Lipinski definition) is 2. The third-order valence-electron chi connectivity index (χ3n) is 3.21. The Morgan fingerprint density at radius 2 is 2.07 bits per heavy atom. The van der Waals surface area contributed by atoms with Gasteiger partial charge in [-0.3, -0.25) is 0 Å². The maximum Gasteiger partial charge on any atom is 0.129 e. The molecule has 0 radical (unpaired) electrons. The first-order chi connectivity index (χ1) is 6.77. The van der Waals surface area contributed by atoms with Crippen LogP contribution in [0.5, 0.6) is 0 Å². The second kappa shape index (κ2) is 3.87. The van der Waals surface area contributed by atoms with Gasteiger partial charge in [-0.2, -0.15) is 0 Å². The second-order valence-electron chi connectivity index (χ2n) is 4.04. The van der Waals surface area contributed by atoms with E-state index in [4.69, 9.17) is 17.3 Å². The van der Waals surface area contributed by atoms with Gasteiger partial charge in [-0.05, 0) is 25.0 Å². The van der Waals surface area contributed by atoms with Crippen LogP contribution in [0.4, 0.5) is 0 Å². The summed E-state index contributed by atoms with van der Waals surface area (Å²) in [4.78, 5) is 4.38. The highest BCUT2D eigenvalue weighted by Gasteiger charge is 2.35. The first kappa shape index (κ1) is 9.94. The maximum absolute atomic E-state index is 5.89. The van der Waals surface area contributed by atoms with Gasteiger partial charge >= 0.3 is 0 Å². The van der Waals surface area contributed by atoms with Gasteiger partial charge in [-0.25, -0.2) is 4.98 Å². The molecule has 0 atom stereocenters. The van der Waals surface area contributed by atoms with Crippen LogP contribution in [0.25, 0.3) is 0 Å². The highest BCUT2D eigenvalue weighted by atomic mass is 35.5. The molecule has 1 aliphatic carbocycles. The fraction of sp³-hybridized carbons (Fsp3) is 0.545. The van der Waals surface area contributed by atoms with Crippen LogP contribution in [0.2, 0.25) is 5.15 Å². The molecule has 1 heterocycles. The maximum atomic E-state index is 5.89. The van der Waals surface area contributed by atoms with Crippen molar-refractivity contribution >= 4 is 11.6 Å². The Balaban J connectivity index is 2.35. The minimum Gasteiger partial charge on any atom is -0.330 e. The topological polar surface area (TPSA) is 38.9 Å². The van der Waals surface area contributed by atoms with E-state index >= 15 is 0 Å². The number of hydrogen-bond donors (Lipinski definition) is 1. The molecule has 0 bridgehead atoms. The number of rotatable bonds is 2. The Labute approximate surface area is 89.5 Å². The van der Waals surface area contributed by atoms with Gasteiger partial charge in [0.15, 0.2) is 0 Å². The van der Waals surface area contributed by atoms with Crippen LogP contribution >= 0.6 is 11.6 Å². The Bertz CT molecular complexity index is 319. The largest absolute Gasteiger partial charge is 0.330 e. The van der Waals surface area contributed by atoms with Gasteiger partial charge in [0.1, 0.15) is 5.15 Å². The number of pyridine rings is 1. The standard InChI is InChI=1S/C11H15ClN2/c12-10-5-3-4-9(14-10)11(8-13)6-1-2-7-11/h3-5H,1-2,6-8,13H2. The smallest absolute Gasteiger partial charge is 0.129 e. The third kappa shape index (κ3) is 1.64. The molecule has 1 saturated carbocycles. The molecule has 0 unspecified atom stereocenters. The van der Waals surface area contributed by atoms with Crippen molar-refractivity contribution in [1.82, 2.24) is 4.98 Å². The molecule has 1 aliphatic rings. The summed E-state index contributed by atoms with van der Waals surface area (Å²) in [5.41, 5.74) is 7.04. The SMILES string of the molecule is NCC1(c2cccc(Cl)n2)CCCC1. The molecule has 2 rings (SSSR count). The van der Waals surface area contributed by atoms with E-state index in [0.29, 0.717) is 11.7 Å². The van der Waals surface area contributed by atoms with Crippen LogP contribution in [0.3, 0.4) is 0 Å². The zero-order valence-electron chi connectivity index (χ0n) is 8.17. The van der Waals surface area contributed by atoms with Crippen molar-refractivity contribution in [1.29, 1.82) is 0 Å². The van der Waals surface area contributed by atoms with Crippen molar-refractivity contribution < 1.29 is 0 Å². The summed E-state index contributed by atoms with van der Waals surface area (Å²) in [5, 5.41) is 0.572. The van der Waals surface area contributed by atoms with Crippen LogP contribution in [-0.2, 0) is 5.41 Å². The average molecular weight is 211 g/mol. The molecular weight excluding hydrogens is 196 g/mol. The summed E-state index contributed by atoms with van der Waals surface area (Å²) < 4.78 is 0. The lowest BCUT2D eigenvalue weighted by Crippen LogP contribution is -2.32. The number of aromatic nitrogens is 1. The summed E-state index contributed by atoms with van der Waals surface area (Å²) in [5.74, 6) is 0. The predicted octanol–water partition coefficient (Wildman–Crippen LogP) is 2.51. The quantitative estimate of drug-likeness (QED) is 0.762. The lowest BCUT2D eigenvalue weighted by atomic mass is 9.82. The highest BCUT2D eigenvalue weighted by molar-refractivity contribution is 6.29. The Morgan fingerprint density at radius 1 is 1.36 bits per heavy atom. The molecule has 0 spiro atoms. The number of halogens is 1. The van der Waals surface area contributed by atoms with E-state index in [1.165, 1.54) is 12.8 Å². The second-order valence-corrected chi connectivity index (χ2v) is 4.42. The van der Waals surface area contributed by atoms with Crippen LogP contribution in [0.15, 0.2) is 18.2 Å². The number of nitrogens with two attached hydrogens (primary N) is 1. The Hall–Kier alpha value is -0.600. The van der Waals surface area contributed by atoms with Crippen molar-refractivity contribution in [2.45, 2.75) is 31.1 Å². The molecule has 1 aromatic heterocycles. The Kier molecular flexibility index (Phi) is 2.75. The predicted molar refractivity (Wildman–Crippen MR) is 58.4 cm³/mol. The van der Waals surface area contributed by atoms with E-state index in [9.17, 15) is 0 Å². The molecule has 0 amide bonds. The van der Waals surface area contributed by atoms with Crippen LogP contribution < -0.4 is 5.73 Å². The summed E-state index contributed by atoms with van der Waals surface area (Å²) in [6, 6.07) is 5.81. The lowest BCUT2D eigenvalue weighted by molar-refractivity contribution is 0.439. The minimum atomic E-state index is 0.102. The van der Waals surface area contributed by atoms with Gasteiger partial charge in [0.2, 0.25) is 0 Å². The summed E-state index contributed by atoms with van der Waals surface area (Å²) in [6.45, 7) is 0.681. The molecule has 1 fully saturated rings. The van der Waals surface area contributed by atoms with Gasteiger partial charge < -0.3 is 5.73 Å². The average Bonchev–Trinajstić information content (AvgIpc) is 2.67. The van der Waals surface area contributed by atoms with Crippen molar-refractivity contribution in [2.75, 3.05) is 6.54 Å². The fourth-order valence-corrected chi connectivity index (χ4v) is 2.48. The normalized spacial score (nSPS) is 19.9. The minimum absolute atomic E-state index is 0.102. The lowest BCUT2D eigenvalue weighted by Gasteiger charge is -2.26. The Morgan fingerprint density at radius 3 is 2.64 bits per heavy atom. The molecule has 0 aromatic carbocycles. The zero-order chi connectivity index (χ0) is 10.0. The first-order valence-electron chi connectivity index (χ1n) is 5.10. The van der Waals surface area contributed by atoms with Gasteiger partial charge in [0.05, 0.1) is 0 Å². The highest BCUT2D eigenvalue weighted by Crippen LogP contribution is 2.39. The van der Waals surface area contributed by atoms with E-state index in [1.807, 2.05) is 18.2 Å². The van der Waals surface area contributed by atoms with E-state index in [2.05, 4.69) is 4.98 Å². The van der Waals surface area contributed by atoms with Gasteiger partial charge in [-0.15, -0.1) is 0 Å². The van der Waals surface area contributed by atoms with E-state index in [-0.39, 0.29) is 5.41 Å². The molecule has 2 nitrogen and oxygen atoms in total. The van der Waals surface area contributed by atoms with Gasteiger partial charge in [0.25, 0.3) is 0 Å². The molecule has 2 N–H and O–H groups in total. The molecule has 1 aromatic rings. The van der Waals surface area contributed by atoms with Crippen molar-refractivity contribution in [3.8, 4) is 0 Å². The summed E-state index contributed by atoms with van der Waals surface area (Å²) in [7, 11) is 0. The van der Waals surface area contributed by atoms with E-state index in [0.717, 1.165) is 18.5 Å². The number of nitrogens with zero attached hydrogens (tertiary/aromatic N) is 1. The summed E-state index contributed by atoms with van der Waals surface area (Å²) in [6.07, 6.45) is 4.81.